The fourth-order valence-electron chi connectivity index (χ4n) is 2.08. The molecule has 0 spiro atoms. The van der Waals surface area contributed by atoms with Gasteiger partial charge in [0, 0.05) is 28.9 Å². The lowest BCUT2D eigenvalue weighted by Gasteiger charge is -2.12. The number of rotatable bonds is 1. The van der Waals surface area contributed by atoms with E-state index in [-0.39, 0.29) is 0 Å². The van der Waals surface area contributed by atoms with Crippen LogP contribution in [0.3, 0.4) is 0 Å². The van der Waals surface area contributed by atoms with E-state index >= 15 is 0 Å². The van der Waals surface area contributed by atoms with Crippen molar-refractivity contribution in [3.63, 3.8) is 0 Å². The summed E-state index contributed by atoms with van der Waals surface area (Å²) >= 11 is 11.4. The Labute approximate surface area is 127 Å². The van der Waals surface area contributed by atoms with Crippen molar-refractivity contribution in [2.45, 2.75) is 0 Å². The molecule has 3 rings (SSSR count). The van der Waals surface area contributed by atoms with Gasteiger partial charge >= 0.3 is 0 Å². The lowest BCUT2D eigenvalue weighted by atomic mass is 10.0. The van der Waals surface area contributed by atoms with Gasteiger partial charge in [-0.2, -0.15) is 5.10 Å². The van der Waals surface area contributed by atoms with Gasteiger partial charge in [0.2, 0.25) is 0 Å². The van der Waals surface area contributed by atoms with Gasteiger partial charge in [0.15, 0.2) is 5.11 Å². The van der Waals surface area contributed by atoms with Gasteiger partial charge in [-0.15, -0.1) is 0 Å². The molecule has 0 atom stereocenters. The summed E-state index contributed by atoms with van der Waals surface area (Å²) in [6, 6.07) is 15.6. The predicted octanol–water partition coefficient (Wildman–Crippen LogP) is 3.73. The Hall–Kier alpha value is -1.91. The minimum Gasteiger partial charge on any atom is -0.331 e. The van der Waals surface area contributed by atoms with Crippen LogP contribution in [0, 0.1) is 0 Å². The molecule has 0 aliphatic carbocycles. The summed E-state index contributed by atoms with van der Waals surface area (Å²) in [7, 11) is 1.83. The number of nitrogens with zero attached hydrogens (tertiary/aromatic N) is 2. The first-order valence-corrected chi connectivity index (χ1v) is 6.92. The monoisotopic (exact) mass is 301 g/mol. The van der Waals surface area contributed by atoms with Crippen molar-refractivity contribution in [2.75, 3.05) is 12.4 Å². The number of hydrogen-bond donors (Lipinski definition) is 1. The number of anilines is 1. The molecule has 0 bridgehead atoms. The smallest absolute Gasteiger partial charge is 0.193 e. The third kappa shape index (κ3) is 2.40. The number of benzene rings is 2. The number of halogens is 1. The summed E-state index contributed by atoms with van der Waals surface area (Å²) in [5.41, 5.74) is 3.72. The minimum atomic E-state index is 0.555. The highest BCUT2D eigenvalue weighted by molar-refractivity contribution is 7.80. The summed E-state index contributed by atoms with van der Waals surface area (Å²) in [6.45, 7) is 0. The molecule has 0 amide bonds. The van der Waals surface area contributed by atoms with Gasteiger partial charge in [-0.1, -0.05) is 41.9 Å². The molecule has 5 heteroatoms. The highest BCUT2D eigenvalue weighted by Crippen LogP contribution is 2.26. The second-order valence-electron chi connectivity index (χ2n) is 4.46. The van der Waals surface area contributed by atoms with Crippen LogP contribution in [-0.2, 0) is 0 Å². The van der Waals surface area contributed by atoms with Crippen molar-refractivity contribution >= 4 is 40.3 Å². The zero-order valence-corrected chi connectivity index (χ0v) is 12.4. The lowest BCUT2D eigenvalue weighted by Crippen LogP contribution is -2.25. The molecule has 1 heterocycles. The molecule has 0 fully saturated rings. The van der Waals surface area contributed by atoms with E-state index in [0.717, 1.165) is 22.5 Å². The summed E-state index contributed by atoms with van der Waals surface area (Å²) in [5, 5.41) is 10.7. The first kappa shape index (κ1) is 13.1. The van der Waals surface area contributed by atoms with Crippen LogP contribution < -0.4 is 5.32 Å². The molecule has 20 heavy (non-hydrogen) atoms. The van der Waals surface area contributed by atoms with E-state index in [1.54, 1.807) is 5.01 Å². The van der Waals surface area contributed by atoms with Crippen LogP contribution in [-0.4, -0.2) is 22.9 Å². The van der Waals surface area contributed by atoms with Gasteiger partial charge in [0.05, 0.1) is 0 Å². The molecule has 0 aromatic heterocycles. The van der Waals surface area contributed by atoms with Gasteiger partial charge in [-0.25, -0.2) is 5.01 Å². The summed E-state index contributed by atoms with van der Waals surface area (Å²) < 4.78 is 0. The zero-order valence-electron chi connectivity index (χ0n) is 10.8. The van der Waals surface area contributed by atoms with Crippen LogP contribution in [0.15, 0.2) is 53.6 Å². The van der Waals surface area contributed by atoms with Gasteiger partial charge < -0.3 is 5.32 Å². The van der Waals surface area contributed by atoms with Crippen molar-refractivity contribution < 1.29 is 0 Å². The Kier molecular flexibility index (Phi) is 3.42. The Balaban J connectivity index is 2.23. The van der Waals surface area contributed by atoms with E-state index in [4.69, 9.17) is 23.8 Å². The van der Waals surface area contributed by atoms with E-state index in [9.17, 15) is 0 Å². The van der Waals surface area contributed by atoms with E-state index < -0.39 is 0 Å². The molecule has 2 aromatic carbocycles. The SMILES string of the molecule is CN1N=C(c2ccccc2)c2cc(Cl)ccc2NC1=S. The molecule has 1 N–H and O–H groups in total. The van der Waals surface area contributed by atoms with Crippen molar-refractivity contribution in [3.05, 3.63) is 64.7 Å². The Morgan fingerprint density at radius 3 is 2.65 bits per heavy atom. The molecule has 3 nitrogen and oxygen atoms in total. The molecule has 1 aliphatic heterocycles. The van der Waals surface area contributed by atoms with Gasteiger partial charge in [0.1, 0.15) is 5.71 Å². The molecule has 1 aliphatic rings. The highest BCUT2D eigenvalue weighted by atomic mass is 35.5. The standard InChI is InChI=1S/C15H12ClN3S/c1-19-15(20)17-13-8-7-11(16)9-12(13)14(18-19)10-5-3-2-4-6-10/h2-9H,1H3,(H,17,20). The maximum Gasteiger partial charge on any atom is 0.193 e. The molecular formula is C15H12ClN3S. The van der Waals surface area contributed by atoms with Crippen molar-refractivity contribution in [1.29, 1.82) is 0 Å². The molecule has 0 radical (unpaired) electrons. The van der Waals surface area contributed by atoms with E-state index in [1.165, 1.54) is 0 Å². The molecule has 0 unspecified atom stereocenters. The summed E-state index contributed by atoms with van der Waals surface area (Å²) in [6.07, 6.45) is 0. The summed E-state index contributed by atoms with van der Waals surface area (Å²) in [4.78, 5) is 0. The quantitative estimate of drug-likeness (QED) is 0.813. The Morgan fingerprint density at radius 2 is 1.90 bits per heavy atom. The Morgan fingerprint density at radius 1 is 1.15 bits per heavy atom. The van der Waals surface area contributed by atoms with Gasteiger partial charge in [0.25, 0.3) is 0 Å². The fraction of sp³-hybridized carbons (Fsp3) is 0.0667. The minimum absolute atomic E-state index is 0.555. The molecule has 0 saturated heterocycles. The number of fused-ring (bicyclic) bond motifs is 1. The predicted molar refractivity (Wildman–Crippen MR) is 87.5 cm³/mol. The van der Waals surface area contributed by atoms with Crippen LogP contribution in [0.4, 0.5) is 5.69 Å². The van der Waals surface area contributed by atoms with Gasteiger partial charge in [-0.3, -0.25) is 0 Å². The van der Waals surface area contributed by atoms with Crippen LogP contribution in [0.25, 0.3) is 0 Å². The topological polar surface area (TPSA) is 27.6 Å². The van der Waals surface area contributed by atoms with Gasteiger partial charge in [-0.05, 0) is 30.4 Å². The Bertz CT molecular complexity index is 698. The first-order valence-electron chi connectivity index (χ1n) is 6.14. The fourth-order valence-corrected chi connectivity index (χ4v) is 2.40. The molecule has 2 aromatic rings. The van der Waals surface area contributed by atoms with E-state index in [1.807, 2.05) is 55.6 Å². The van der Waals surface area contributed by atoms with Crippen LogP contribution in [0.5, 0.6) is 0 Å². The number of hydrogen-bond acceptors (Lipinski definition) is 2. The maximum absolute atomic E-state index is 6.13. The van der Waals surface area contributed by atoms with Crippen molar-refractivity contribution in [2.24, 2.45) is 5.10 Å². The largest absolute Gasteiger partial charge is 0.331 e. The third-order valence-corrected chi connectivity index (χ3v) is 3.67. The zero-order chi connectivity index (χ0) is 14.1. The second kappa shape index (κ2) is 5.23. The average molecular weight is 302 g/mol. The number of nitrogens with one attached hydrogen (secondary N) is 1. The van der Waals surface area contributed by atoms with Crippen molar-refractivity contribution in [3.8, 4) is 0 Å². The van der Waals surface area contributed by atoms with Crippen molar-refractivity contribution in [1.82, 2.24) is 5.01 Å². The lowest BCUT2D eigenvalue weighted by molar-refractivity contribution is 0.555. The summed E-state index contributed by atoms with van der Waals surface area (Å²) in [5.74, 6) is 0. The molecule has 0 saturated carbocycles. The maximum atomic E-state index is 6.13. The van der Waals surface area contributed by atoms with E-state index in [2.05, 4.69) is 10.4 Å². The molecule has 100 valence electrons. The molecular weight excluding hydrogens is 290 g/mol. The number of hydrazone groups is 1. The third-order valence-electron chi connectivity index (χ3n) is 3.07. The second-order valence-corrected chi connectivity index (χ2v) is 5.28. The first-order chi connectivity index (χ1) is 9.65. The van der Waals surface area contributed by atoms with Crippen LogP contribution >= 0.6 is 23.8 Å². The normalized spacial score (nSPS) is 14.2. The highest BCUT2D eigenvalue weighted by Gasteiger charge is 2.19. The van der Waals surface area contributed by atoms with E-state index in [0.29, 0.717) is 10.1 Å². The van der Waals surface area contributed by atoms with Crippen LogP contribution in [0.2, 0.25) is 5.02 Å². The average Bonchev–Trinajstić information content (AvgIpc) is 2.58. The van der Waals surface area contributed by atoms with Crippen LogP contribution in [0.1, 0.15) is 11.1 Å². The number of thiocarbonyl (C=S) groups is 1.